The van der Waals surface area contributed by atoms with E-state index in [1.165, 1.54) is 0 Å². The van der Waals surface area contributed by atoms with Gasteiger partial charge in [0.15, 0.2) is 0 Å². The lowest BCUT2D eigenvalue weighted by Crippen LogP contribution is -2.33. The molecule has 0 aliphatic heterocycles. The van der Waals surface area contributed by atoms with Gasteiger partial charge in [-0.05, 0) is 32.1 Å². The number of nitrogens with two attached hydrogens (primary N) is 1. The molecule has 0 aliphatic rings. The van der Waals surface area contributed by atoms with E-state index in [1.54, 1.807) is 0 Å². The minimum atomic E-state index is -0.980. The van der Waals surface area contributed by atoms with Gasteiger partial charge in [-0.3, -0.25) is 9.59 Å². The van der Waals surface area contributed by atoms with Crippen LogP contribution in [0.5, 0.6) is 0 Å². The molecule has 26 heavy (non-hydrogen) atoms. The van der Waals surface area contributed by atoms with Gasteiger partial charge in [-0.15, -0.1) is 20.2 Å². The number of rotatable bonds is 16. The van der Waals surface area contributed by atoms with Crippen LogP contribution in [0.1, 0.15) is 38.5 Å². The van der Waals surface area contributed by atoms with Crippen molar-refractivity contribution in [2.75, 3.05) is 26.4 Å². The van der Waals surface area contributed by atoms with Crippen molar-refractivity contribution < 1.29 is 38.9 Å². The van der Waals surface area contributed by atoms with E-state index in [1.807, 2.05) is 0 Å². The van der Waals surface area contributed by atoms with Crippen LogP contribution in [0, 0.1) is 20.2 Å². The highest BCUT2D eigenvalue weighted by atomic mass is 17.0. The first-order valence-corrected chi connectivity index (χ1v) is 7.95. The summed E-state index contributed by atoms with van der Waals surface area (Å²) in [5, 5.41) is 18.0. The van der Waals surface area contributed by atoms with E-state index in [2.05, 4.69) is 9.68 Å². The van der Waals surface area contributed by atoms with Crippen LogP contribution >= 0.6 is 0 Å². The van der Waals surface area contributed by atoms with E-state index in [9.17, 15) is 29.8 Å². The highest BCUT2D eigenvalue weighted by molar-refractivity contribution is 5.77. The van der Waals surface area contributed by atoms with Crippen molar-refractivity contribution in [2.45, 2.75) is 44.6 Å². The number of esters is 2. The summed E-state index contributed by atoms with van der Waals surface area (Å²) in [6.45, 7) is -0.0177. The number of hydrogen-bond donors (Lipinski definition) is 1. The molecule has 0 fully saturated rings. The summed E-state index contributed by atoms with van der Waals surface area (Å²) in [5.74, 6) is -1.22. The number of unbranched alkanes of at least 4 members (excludes halogenated alkanes) is 2. The lowest BCUT2D eigenvalue weighted by Gasteiger charge is -2.11. The third-order valence-electron chi connectivity index (χ3n) is 2.94. The van der Waals surface area contributed by atoms with Gasteiger partial charge in [0.25, 0.3) is 10.2 Å². The molecule has 0 aromatic heterocycles. The zero-order chi connectivity index (χ0) is 19.8. The average molecular weight is 381 g/mol. The highest BCUT2D eigenvalue weighted by Gasteiger charge is 2.17. The molecule has 0 saturated carbocycles. The zero-order valence-electron chi connectivity index (χ0n) is 14.2. The summed E-state index contributed by atoms with van der Waals surface area (Å²) in [6, 6.07) is -0.980. The van der Waals surface area contributed by atoms with Crippen LogP contribution in [-0.4, -0.2) is 54.6 Å². The SMILES string of the molecule is NC(CCC(=O)OCCCCO[N+](=O)[O-])C(=O)OCCCCO[N+](=O)[O-]. The Morgan fingerprint density at radius 2 is 1.31 bits per heavy atom. The van der Waals surface area contributed by atoms with Gasteiger partial charge >= 0.3 is 11.9 Å². The van der Waals surface area contributed by atoms with Gasteiger partial charge in [0.05, 0.1) is 26.4 Å². The Bertz CT molecular complexity index is 459. The average Bonchev–Trinajstić information content (AvgIpc) is 2.58. The normalized spacial score (nSPS) is 11.3. The molecule has 0 bridgehead atoms. The van der Waals surface area contributed by atoms with E-state index < -0.39 is 28.2 Å². The largest absolute Gasteiger partial charge is 0.466 e. The fraction of sp³-hybridized carbons (Fsp3) is 0.846. The van der Waals surface area contributed by atoms with Crippen LogP contribution < -0.4 is 5.73 Å². The van der Waals surface area contributed by atoms with Crippen LogP contribution in [0.2, 0.25) is 0 Å². The van der Waals surface area contributed by atoms with Crippen molar-refractivity contribution in [1.82, 2.24) is 0 Å². The first-order chi connectivity index (χ1) is 12.3. The molecule has 2 N–H and O–H groups in total. The Hall–Kier alpha value is -2.70. The molecule has 0 rings (SSSR count). The minimum absolute atomic E-state index is 0.0459. The zero-order valence-corrected chi connectivity index (χ0v) is 14.2. The summed E-state index contributed by atoms with van der Waals surface area (Å²) >= 11 is 0. The van der Waals surface area contributed by atoms with Crippen LogP contribution in [0.3, 0.4) is 0 Å². The van der Waals surface area contributed by atoms with Crippen LogP contribution in [0.25, 0.3) is 0 Å². The van der Waals surface area contributed by atoms with Crippen molar-refractivity contribution in [2.24, 2.45) is 5.73 Å². The second kappa shape index (κ2) is 14.6. The molecule has 0 spiro atoms. The maximum Gasteiger partial charge on any atom is 0.322 e. The quantitative estimate of drug-likeness (QED) is 0.166. The minimum Gasteiger partial charge on any atom is -0.466 e. The Morgan fingerprint density at radius 1 is 0.846 bits per heavy atom. The van der Waals surface area contributed by atoms with E-state index in [-0.39, 0.29) is 39.3 Å². The monoisotopic (exact) mass is 381 g/mol. The second-order valence-electron chi connectivity index (χ2n) is 5.06. The third kappa shape index (κ3) is 14.9. The molecule has 0 aromatic rings. The molecule has 0 heterocycles. The second-order valence-corrected chi connectivity index (χ2v) is 5.06. The smallest absolute Gasteiger partial charge is 0.322 e. The summed E-state index contributed by atoms with van der Waals surface area (Å²) in [4.78, 5) is 51.0. The predicted octanol–water partition coefficient (Wildman–Crippen LogP) is 0.157. The van der Waals surface area contributed by atoms with Crippen LogP contribution in [0.4, 0.5) is 0 Å². The first kappa shape index (κ1) is 23.3. The van der Waals surface area contributed by atoms with Gasteiger partial charge in [0.1, 0.15) is 6.04 Å². The van der Waals surface area contributed by atoms with E-state index in [0.29, 0.717) is 25.7 Å². The number of ether oxygens (including phenoxy) is 2. The lowest BCUT2D eigenvalue weighted by molar-refractivity contribution is -0.757. The fourth-order valence-electron chi connectivity index (χ4n) is 1.62. The Labute approximate surface area is 148 Å². The Kier molecular flexibility index (Phi) is 13.1. The summed E-state index contributed by atoms with van der Waals surface area (Å²) in [5.41, 5.74) is 5.59. The van der Waals surface area contributed by atoms with Gasteiger partial charge in [-0.25, -0.2) is 0 Å². The topological polar surface area (TPSA) is 183 Å². The van der Waals surface area contributed by atoms with Crippen LogP contribution in [-0.2, 0) is 28.7 Å². The molecule has 0 radical (unpaired) electrons. The standard InChI is InChI=1S/C13H23N3O10/c14-11(13(18)24-8-2-4-10-26-16(21)22)5-6-12(17)23-7-1-3-9-25-15(19)20/h11H,1-10,14H2. The summed E-state index contributed by atoms with van der Waals surface area (Å²) in [7, 11) is 0. The predicted molar refractivity (Wildman–Crippen MR) is 83.5 cm³/mol. The Balaban J connectivity index is 3.61. The molecule has 0 aromatic carbocycles. The molecule has 13 heteroatoms. The maximum atomic E-state index is 11.6. The van der Waals surface area contributed by atoms with Crippen LogP contribution in [0.15, 0.2) is 0 Å². The van der Waals surface area contributed by atoms with Gasteiger partial charge in [0, 0.05) is 6.42 Å². The maximum absolute atomic E-state index is 11.6. The van der Waals surface area contributed by atoms with Crippen molar-refractivity contribution in [3.63, 3.8) is 0 Å². The molecule has 0 saturated heterocycles. The first-order valence-electron chi connectivity index (χ1n) is 7.95. The Morgan fingerprint density at radius 3 is 1.81 bits per heavy atom. The van der Waals surface area contributed by atoms with E-state index in [4.69, 9.17) is 15.2 Å². The van der Waals surface area contributed by atoms with Gasteiger partial charge in [-0.2, -0.15) is 0 Å². The van der Waals surface area contributed by atoms with Crippen molar-refractivity contribution >= 4 is 11.9 Å². The molecule has 1 unspecified atom stereocenters. The number of hydrogen-bond acceptors (Lipinski definition) is 11. The lowest BCUT2D eigenvalue weighted by atomic mass is 10.2. The van der Waals surface area contributed by atoms with Gasteiger partial charge in [-0.1, -0.05) is 0 Å². The van der Waals surface area contributed by atoms with Crippen molar-refractivity contribution in [3.8, 4) is 0 Å². The summed E-state index contributed by atoms with van der Waals surface area (Å²) < 4.78 is 9.76. The number of nitrogens with zero attached hydrogens (tertiary/aromatic N) is 2. The van der Waals surface area contributed by atoms with E-state index >= 15 is 0 Å². The van der Waals surface area contributed by atoms with Gasteiger partial charge < -0.3 is 24.9 Å². The number of carbonyl (C=O) groups excluding carboxylic acids is 2. The molecule has 150 valence electrons. The molecular formula is C13H23N3O10. The van der Waals surface area contributed by atoms with E-state index in [0.717, 1.165) is 0 Å². The van der Waals surface area contributed by atoms with Crippen molar-refractivity contribution in [3.05, 3.63) is 20.2 Å². The third-order valence-corrected chi connectivity index (χ3v) is 2.94. The fourth-order valence-corrected chi connectivity index (χ4v) is 1.62. The molecule has 13 nitrogen and oxygen atoms in total. The van der Waals surface area contributed by atoms with Crippen molar-refractivity contribution in [1.29, 1.82) is 0 Å². The molecule has 1 atom stereocenters. The highest BCUT2D eigenvalue weighted by Crippen LogP contribution is 2.02. The summed E-state index contributed by atoms with van der Waals surface area (Å²) in [6.07, 6.45) is 1.49. The van der Waals surface area contributed by atoms with Gasteiger partial charge in [0.2, 0.25) is 0 Å². The molecule has 0 aliphatic carbocycles. The molecule has 0 amide bonds. The number of carbonyl (C=O) groups is 2. The molecular weight excluding hydrogens is 358 g/mol.